The van der Waals surface area contributed by atoms with E-state index >= 15 is 0 Å². The molecule has 0 aromatic heterocycles. The first-order chi connectivity index (χ1) is 6.31. The molecule has 3 heteroatoms. The second-order valence-electron chi connectivity index (χ2n) is 4.53. The zero-order valence-electron chi connectivity index (χ0n) is 7.82. The fraction of sp³-hybridized carbons (Fsp3) is 0.900. The van der Waals surface area contributed by atoms with Crippen molar-refractivity contribution < 1.29 is 9.53 Å². The van der Waals surface area contributed by atoms with Gasteiger partial charge in [-0.05, 0) is 43.4 Å². The Labute approximate surface area is 77.8 Å². The minimum Gasteiger partial charge on any atom is -0.450 e. The second kappa shape index (κ2) is 2.40. The van der Waals surface area contributed by atoms with E-state index in [1.54, 1.807) is 0 Å². The lowest BCUT2D eigenvalue weighted by Gasteiger charge is -2.15. The zero-order chi connectivity index (χ0) is 9.00. The highest BCUT2D eigenvalue weighted by molar-refractivity contribution is 5.68. The van der Waals surface area contributed by atoms with Crippen molar-refractivity contribution in [2.75, 3.05) is 6.61 Å². The van der Waals surface area contributed by atoms with Gasteiger partial charge in [0.05, 0.1) is 6.61 Å². The van der Waals surface area contributed by atoms with E-state index in [2.05, 4.69) is 5.32 Å². The van der Waals surface area contributed by atoms with Crippen molar-refractivity contribution in [3.63, 3.8) is 0 Å². The Morgan fingerprint density at radius 3 is 2.62 bits per heavy atom. The van der Waals surface area contributed by atoms with Crippen molar-refractivity contribution in [1.29, 1.82) is 0 Å². The lowest BCUT2D eigenvalue weighted by atomic mass is 10.1. The van der Waals surface area contributed by atoms with E-state index in [0.29, 0.717) is 12.6 Å². The Morgan fingerprint density at radius 1 is 1.46 bits per heavy atom. The number of rotatable bonds is 2. The fourth-order valence-electron chi connectivity index (χ4n) is 3.60. The smallest absolute Gasteiger partial charge is 0.407 e. The molecular weight excluding hydrogens is 166 g/mol. The normalized spacial score (nSPS) is 49.2. The average molecular weight is 181 g/mol. The van der Waals surface area contributed by atoms with E-state index < -0.39 is 0 Å². The van der Waals surface area contributed by atoms with Gasteiger partial charge in [-0.3, -0.25) is 0 Å². The Kier molecular flexibility index (Phi) is 1.41. The molecular formula is C10H15NO2. The Balaban J connectivity index is 1.60. The molecule has 13 heavy (non-hydrogen) atoms. The molecule has 0 spiro atoms. The summed E-state index contributed by atoms with van der Waals surface area (Å²) < 4.78 is 4.89. The number of amides is 1. The summed E-state index contributed by atoms with van der Waals surface area (Å²) in [6.45, 7) is 2.31. The number of carbonyl (C=O) groups excluding carboxylic acids is 1. The molecule has 4 saturated carbocycles. The van der Waals surface area contributed by atoms with Crippen LogP contribution in [0.5, 0.6) is 0 Å². The van der Waals surface area contributed by atoms with Gasteiger partial charge in [-0.1, -0.05) is 0 Å². The van der Waals surface area contributed by atoms with E-state index in [1.165, 1.54) is 12.8 Å². The third kappa shape index (κ3) is 0.930. The highest BCUT2D eigenvalue weighted by atomic mass is 16.5. The maximum absolute atomic E-state index is 11.2. The summed E-state index contributed by atoms with van der Waals surface area (Å²) in [5.74, 6) is 3.49. The summed E-state index contributed by atoms with van der Waals surface area (Å²) in [5, 5.41) is 3.00. The largest absolute Gasteiger partial charge is 0.450 e. The third-order valence-corrected chi connectivity index (χ3v) is 4.03. The van der Waals surface area contributed by atoms with Crippen LogP contribution in [-0.2, 0) is 4.74 Å². The third-order valence-electron chi connectivity index (χ3n) is 4.03. The lowest BCUT2D eigenvalue weighted by molar-refractivity contribution is 0.145. The van der Waals surface area contributed by atoms with Crippen LogP contribution in [0.3, 0.4) is 0 Å². The Bertz CT molecular complexity index is 239. The van der Waals surface area contributed by atoms with Gasteiger partial charge >= 0.3 is 6.09 Å². The summed E-state index contributed by atoms with van der Waals surface area (Å²) in [4.78, 5) is 11.2. The number of nitrogens with one attached hydrogen (secondary N) is 1. The van der Waals surface area contributed by atoms with Crippen molar-refractivity contribution in [2.24, 2.45) is 23.7 Å². The molecule has 0 radical (unpaired) electrons. The van der Waals surface area contributed by atoms with Crippen LogP contribution in [-0.4, -0.2) is 18.7 Å². The first-order valence-electron chi connectivity index (χ1n) is 5.24. The first-order valence-corrected chi connectivity index (χ1v) is 5.24. The van der Waals surface area contributed by atoms with E-state index in [-0.39, 0.29) is 6.09 Å². The minimum atomic E-state index is -0.217. The molecule has 4 fully saturated rings. The average Bonchev–Trinajstić information content (AvgIpc) is 2.52. The molecule has 0 saturated heterocycles. The molecule has 1 N–H and O–H groups in total. The number of alkyl carbamates (subject to hydrolysis) is 1. The molecule has 4 aliphatic carbocycles. The van der Waals surface area contributed by atoms with Crippen LogP contribution in [0.15, 0.2) is 0 Å². The van der Waals surface area contributed by atoms with Gasteiger partial charge in [0.2, 0.25) is 0 Å². The molecule has 1 amide bonds. The van der Waals surface area contributed by atoms with Crippen molar-refractivity contribution in [3.05, 3.63) is 0 Å². The van der Waals surface area contributed by atoms with Gasteiger partial charge in [-0.25, -0.2) is 4.79 Å². The van der Waals surface area contributed by atoms with Gasteiger partial charge in [-0.15, -0.1) is 0 Å². The van der Waals surface area contributed by atoms with Crippen molar-refractivity contribution in [2.45, 2.75) is 25.8 Å². The summed E-state index contributed by atoms with van der Waals surface area (Å²) in [6, 6.07) is 0.453. The topological polar surface area (TPSA) is 38.3 Å². The maximum Gasteiger partial charge on any atom is 0.407 e. The Morgan fingerprint density at radius 2 is 2.15 bits per heavy atom. The quantitative estimate of drug-likeness (QED) is 0.699. The summed E-state index contributed by atoms with van der Waals surface area (Å²) >= 11 is 0. The Hall–Kier alpha value is -0.730. The minimum absolute atomic E-state index is 0.217. The molecule has 72 valence electrons. The van der Waals surface area contributed by atoms with Gasteiger partial charge in [-0.2, -0.15) is 0 Å². The number of hydrogen-bond acceptors (Lipinski definition) is 2. The fourth-order valence-corrected chi connectivity index (χ4v) is 3.60. The first kappa shape index (κ1) is 7.65. The number of hydrogen-bond donors (Lipinski definition) is 1. The molecule has 4 aliphatic rings. The molecule has 4 rings (SSSR count). The summed E-state index contributed by atoms with van der Waals surface area (Å²) in [6.07, 6.45) is 2.49. The molecule has 3 atom stereocenters. The monoisotopic (exact) mass is 181 g/mol. The molecule has 0 aromatic rings. The van der Waals surface area contributed by atoms with Gasteiger partial charge in [0, 0.05) is 6.04 Å². The van der Waals surface area contributed by atoms with Crippen molar-refractivity contribution >= 4 is 6.09 Å². The zero-order valence-corrected chi connectivity index (χ0v) is 7.82. The highest BCUT2D eigenvalue weighted by Crippen LogP contribution is 2.70. The lowest BCUT2D eigenvalue weighted by Crippen LogP contribution is -2.37. The number of carbonyl (C=O) groups is 1. The van der Waals surface area contributed by atoms with E-state index in [9.17, 15) is 4.79 Å². The van der Waals surface area contributed by atoms with Gasteiger partial charge in [0.1, 0.15) is 0 Å². The molecule has 0 unspecified atom stereocenters. The predicted octanol–water partition coefficient (Wildman–Crippen LogP) is 1.39. The van der Waals surface area contributed by atoms with Crippen LogP contribution in [0, 0.1) is 23.7 Å². The predicted molar refractivity (Wildman–Crippen MR) is 47.1 cm³/mol. The summed E-state index contributed by atoms with van der Waals surface area (Å²) in [5.41, 5.74) is 0. The van der Waals surface area contributed by atoms with E-state index in [4.69, 9.17) is 4.74 Å². The van der Waals surface area contributed by atoms with Gasteiger partial charge < -0.3 is 10.1 Å². The SMILES string of the molecule is CCOC(=O)N[C@H]1C2C[C@H]3C1[C@@H]3C2. The van der Waals surface area contributed by atoms with E-state index in [0.717, 1.165) is 23.7 Å². The molecule has 4 bridgehead atoms. The summed E-state index contributed by atoms with van der Waals surface area (Å²) in [7, 11) is 0. The number of ether oxygens (including phenoxy) is 1. The van der Waals surface area contributed by atoms with Crippen molar-refractivity contribution in [1.82, 2.24) is 5.32 Å². The van der Waals surface area contributed by atoms with Gasteiger partial charge in [0.25, 0.3) is 0 Å². The molecule has 0 heterocycles. The van der Waals surface area contributed by atoms with Crippen LogP contribution >= 0.6 is 0 Å². The van der Waals surface area contributed by atoms with Crippen LogP contribution in [0.4, 0.5) is 4.79 Å². The molecule has 0 aromatic carbocycles. The second-order valence-corrected chi connectivity index (χ2v) is 4.53. The highest BCUT2D eigenvalue weighted by Gasteiger charge is 2.68. The maximum atomic E-state index is 11.2. The van der Waals surface area contributed by atoms with E-state index in [1.807, 2.05) is 6.92 Å². The molecule has 0 aliphatic heterocycles. The van der Waals surface area contributed by atoms with Crippen molar-refractivity contribution in [3.8, 4) is 0 Å². The van der Waals surface area contributed by atoms with Crippen LogP contribution in [0.2, 0.25) is 0 Å². The standard InChI is InChI=1S/C10H15NO2/c1-2-13-10(12)11-9-5-3-6-7(4-5)8(6)9/h5-9H,2-4H2,1H3,(H,11,12)/t5?,6-,7-,8?,9+/m1/s1. The van der Waals surface area contributed by atoms with Gasteiger partial charge in [0.15, 0.2) is 0 Å². The van der Waals surface area contributed by atoms with Crippen LogP contribution in [0.1, 0.15) is 19.8 Å². The van der Waals surface area contributed by atoms with Crippen LogP contribution in [0.25, 0.3) is 0 Å². The molecule has 3 nitrogen and oxygen atoms in total. The van der Waals surface area contributed by atoms with Crippen LogP contribution < -0.4 is 5.32 Å².